The number of imidazole rings is 1. The number of aromatic amines is 1. The van der Waals surface area contributed by atoms with Crippen molar-refractivity contribution in [2.24, 2.45) is 0 Å². The molecule has 2 heterocycles. The van der Waals surface area contributed by atoms with E-state index in [4.69, 9.17) is 4.52 Å². The second-order valence-corrected chi connectivity index (χ2v) is 4.81. The molecule has 0 bridgehead atoms. The Morgan fingerprint density at radius 2 is 2.06 bits per heavy atom. The first-order valence-corrected chi connectivity index (χ1v) is 6.06. The van der Waals surface area contributed by atoms with Gasteiger partial charge in [0, 0.05) is 10.9 Å². The van der Waals surface area contributed by atoms with Crippen LogP contribution < -0.4 is 0 Å². The number of hydrogen-bond acceptors (Lipinski definition) is 3. The molecule has 0 fully saturated rings. The van der Waals surface area contributed by atoms with Crippen LogP contribution in [0.2, 0.25) is 0 Å². The lowest BCUT2D eigenvalue weighted by Crippen LogP contribution is -1.89. The molecule has 0 aliphatic heterocycles. The lowest BCUT2D eigenvalue weighted by Gasteiger charge is -2.07. The summed E-state index contributed by atoms with van der Waals surface area (Å²) in [4.78, 5) is 7.45. The standard InChI is InChI=1S/C14H15N3O/c1-8(2)10-4-5-11(13-7-15-9(3)17-13)14-12(10)6-16-18-14/h4-8H,1-3H3,(H,15,17). The molecule has 3 rings (SSSR count). The van der Waals surface area contributed by atoms with Crippen LogP contribution in [0.15, 0.2) is 29.0 Å². The van der Waals surface area contributed by atoms with E-state index in [1.54, 1.807) is 6.20 Å². The third-order valence-corrected chi connectivity index (χ3v) is 3.17. The molecule has 1 N–H and O–H groups in total. The van der Waals surface area contributed by atoms with Gasteiger partial charge in [0.15, 0.2) is 5.58 Å². The highest BCUT2D eigenvalue weighted by atomic mass is 16.5. The summed E-state index contributed by atoms with van der Waals surface area (Å²) in [6.07, 6.45) is 3.61. The average Bonchev–Trinajstić information content (AvgIpc) is 2.95. The highest BCUT2D eigenvalue weighted by Crippen LogP contribution is 2.32. The maximum absolute atomic E-state index is 5.41. The van der Waals surface area contributed by atoms with Crippen molar-refractivity contribution in [3.63, 3.8) is 0 Å². The number of benzene rings is 1. The molecule has 2 aromatic heterocycles. The van der Waals surface area contributed by atoms with Gasteiger partial charge in [-0.2, -0.15) is 0 Å². The molecule has 3 aromatic rings. The molecular weight excluding hydrogens is 226 g/mol. The van der Waals surface area contributed by atoms with E-state index >= 15 is 0 Å². The van der Waals surface area contributed by atoms with E-state index in [0.717, 1.165) is 28.1 Å². The summed E-state index contributed by atoms with van der Waals surface area (Å²) in [5.41, 5.74) is 4.05. The molecule has 0 saturated carbocycles. The predicted molar refractivity (Wildman–Crippen MR) is 70.4 cm³/mol. The second kappa shape index (κ2) is 3.98. The predicted octanol–water partition coefficient (Wildman–Crippen LogP) is 3.65. The number of fused-ring (bicyclic) bond motifs is 1. The summed E-state index contributed by atoms with van der Waals surface area (Å²) in [6, 6.07) is 4.20. The number of aromatic nitrogens is 3. The first-order valence-electron chi connectivity index (χ1n) is 6.06. The van der Waals surface area contributed by atoms with Gasteiger partial charge < -0.3 is 9.51 Å². The Morgan fingerprint density at radius 3 is 2.72 bits per heavy atom. The zero-order chi connectivity index (χ0) is 12.7. The van der Waals surface area contributed by atoms with Crippen LogP contribution in [-0.2, 0) is 0 Å². The summed E-state index contributed by atoms with van der Waals surface area (Å²) in [5.74, 6) is 1.34. The van der Waals surface area contributed by atoms with Gasteiger partial charge in [0.2, 0.25) is 0 Å². The van der Waals surface area contributed by atoms with E-state index in [1.807, 2.05) is 13.1 Å². The monoisotopic (exact) mass is 241 g/mol. The minimum atomic E-state index is 0.449. The fraction of sp³-hybridized carbons (Fsp3) is 0.286. The Hall–Kier alpha value is -2.10. The Labute approximate surface area is 105 Å². The van der Waals surface area contributed by atoms with Crippen LogP contribution in [0.25, 0.3) is 22.2 Å². The van der Waals surface area contributed by atoms with E-state index in [9.17, 15) is 0 Å². The van der Waals surface area contributed by atoms with Gasteiger partial charge in [-0.15, -0.1) is 0 Å². The molecule has 1 aromatic carbocycles. The smallest absolute Gasteiger partial charge is 0.176 e. The zero-order valence-electron chi connectivity index (χ0n) is 10.7. The number of H-pyrrole nitrogens is 1. The molecule has 4 nitrogen and oxygen atoms in total. The SMILES string of the molecule is Cc1ncc(-c2ccc(C(C)C)c3cnoc23)[nH]1. The Bertz CT molecular complexity index is 694. The Morgan fingerprint density at radius 1 is 1.22 bits per heavy atom. The molecule has 0 radical (unpaired) electrons. The molecule has 0 unspecified atom stereocenters. The lowest BCUT2D eigenvalue weighted by molar-refractivity contribution is 0.457. The van der Waals surface area contributed by atoms with Gasteiger partial charge in [-0.05, 0) is 24.5 Å². The van der Waals surface area contributed by atoms with Crippen molar-refractivity contribution in [2.75, 3.05) is 0 Å². The topological polar surface area (TPSA) is 54.7 Å². The summed E-state index contributed by atoms with van der Waals surface area (Å²) >= 11 is 0. The molecule has 0 atom stereocenters. The molecule has 4 heteroatoms. The number of hydrogen-bond donors (Lipinski definition) is 1. The number of rotatable bonds is 2. The summed E-state index contributed by atoms with van der Waals surface area (Å²) in [6.45, 7) is 6.27. The lowest BCUT2D eigenvalue weighted by atomic mass is 9.97. The fourth-order valence-corrected chi connectivity index (χ4v) is 2.25. The second-order valence-electron chi connectivity index (χ2n) is 4.81. The first-order chi connectivity index (χ1) is 8.66. The van der Waals surface area contributed by atoms with Crippen LogP contribution in [0.4, 0.5) is 0 Å². The van der Waals surface area contributed by atoms with Crippen LogP contribution in [0.1, 0.15) is 31.2 Å². The van der Waals surface area contributed by atoms with Gasteiger partial charge in [0.1, 0.15) is 5.82 Å². The van der Waals surface area contributed by atoms with Crippen LogP contribution in [0.5, 0.6) is 0 Å². The largest absolute Gasteiger partial charge is 0.356 e. The normalized spacial score (nSPS) is 11.6. The van der Waals surface area contributed by atoms with Crippen molar-refractivity contribution in [1.29, 1.82) is 0 Å². The third-order valence-electron chi connectivity index (χ3n) is 3.17. The molecule has 18 heavy (non-hydrogen) atoms. The third kappa shape index (κ3) is 1.61. The molecule has 0 amide bonds. The highest BCUT2D eigenvalue weighted by molar-refractivity contribution is 5.93. The van der Waals surface area contributed by atoms with Crippen molar-refractivity contribution in [2.45, 2.75) is 26.7 Å². The van der Waals surface area contributed by atoms with Crippen molar-refractivity contribution in [3.8, 4) is 11.3 Å². The summed E-state index contributed by atoms with van der Waals surface area (Å²) < 4.78 is 5.41. The van der Waals surface area contributed by atoms with Crippen LogP contribution in [0.3, 0.4) is 0 Å². The zero-order valence-corrected chi connectivity index (χ0v) is 10.7. The van der Waals surface area contributed by atoms with E-state index in [-0.39, 0.29) is 0 Å². The van der Waals surface area contributed by atoms with Crippen molar-refractivity contribution >= 4 is 11.0 Å². The number of aryl methyl sites for hydroxylation is 1. The van der Waals surface area contributed by atoms with Crippen LogP contribution in [-0.4, -0.2) is 15.1 Å². The van der Waals surface area contributed by atoms with E-state index < -0.39 is 0 Å². The minimum Gasteiger partial charge on any atom is -0.356 e. The molecule has 0 saturated heterocycles. The van der Waals surface area contributed by atoms with Gasteiger partial charge in [-0.3, -0.25) is 0 Å². The van der Waals surface area contributed by atoms with Crippen LogP contribution >= 0.6 is 0 Å². The molecule has 92 valence electrons. The quantitative estimate of drug-likeness (QED) is 0.745. The van der Waals surface area contributed by atoms with Gasteiger partial charge in [0.25, 0.3) is 0 Å². The Kier molecular flexibility index (Phi) is 2.44. The number of nitrogens with one attached hydrogen (secondary N) is 1. The van der Waals surface area contributed by atoms with Crippen molar-refractivity contribution in [3.05, 3.63) is 35.9 Å². The molecule has 0 aliphatic rings. The van der Waals surface area contributed by atoms with Crippen molar-refractivity contribution in [1.82, 2.24) is 15.1 Å². The van der Waals surface area contributed by atoms with Crippen LogP contribution in [0, 0.1) is 6.92 Å². The van der Waals surface area contributed by atoms with E-state index in [2.05, 4.69) is 41.1 Å². The minimum absolute atomic E-state index is 0.449. The van der Waals surface area contributed by atoms with Gasteiger partial charge in [0.05, 0.1) is 18.1 Å². The maximum atomic E-state index is 5.41. The summed E-state index contributed by atoms with van der Waals surface area (Å²) in [5, 5.41) is 5.01. The van der Waals surface area contributed by atoms with E-state index in [1.165, 1.54) is 5.56 Å². The van der Waals surface area contributed by atoms with Crippen molar-refractivity contribution < 1.29 is 4.52 Å². The van der Waals surface area contributed by atoms with Gasteiger partial charge in [-0.25, -0.2) is 4.98 Å². The summed E-state index contributed by atoms with van der Waals surface area (Å²) in [7, 11) is 0. The highest BCUT2D eigenvalue weighted by Gasteiger charge is 2.14. The van der Waals surface area contributed by atoms with Gasteiger partial charge in [-0.1, -0.05) is 25.1 Å². The Balaban J connectivity index is 2.26. The molecular formula is C14H15N3O. The van der Waals surface area contributed by atoms with E-state index in [0.29, 0.717) is 5.92 Å². The van der Waals surface area contributed by atoms with Gasteiger partial charge >= 0.3 is 0 Å². The average molecular weight is 241 g/mol. The first kappa shape index (κ1) is 11.0. The maximum Gasteiger partial charge on any atom is 0.176 e. The molecule has 0 spiro atoms. The molecule has 0 aliphatic carbocycles. The number of nitrogens with zero attached hydrogens (tertiary/aromatic N) is 2. The fourth-order valence-electron chi connectivity index (χ4n) is 2.25.